The molecular weight excluding hydrogens is 244 g/mol. The number of thioether (sulfide) groups is 1. The van der Waals surface area contributed by atoms with Crippen molar-refractivity contribution < 1.29 is 4.79 Å². The second-order valence-electron chi connectivity index (χ2n) is 4.38. The van der Waals surface area contributed by atoms with Crippen molar-refractivity contribution in [2.75, 3.05) is 24.6 Å². The van der Waals surface area contributed by atoms with Gasteiger partial charge in [0.1, 0.15) is 0 Å². The number of nitrogens with one attached hydrogen (secondary N) is 1. The van der Waals surface area contributed by atoms with Gasteiger partial charge in [0.05, 0.1) is 5.75 Å². The Hall–Kier alpha value is -0.480. The molecule has 0 bridgehead atoms. The van der Waals surface area contributed by atoms with Crippen molar-refractivity contribution >= 4 is 17.7 Å². The second-order valence-corrected chi connectivity index (χ2v) is 5.48. The Labute approximate surface area is 116 Å². The predicted molar refractivity (Wildman–Crippen MR) is 81.9 cm³/mol. The molecule has 1 amide bonds. The molecule has 0 fully saturated rings. The number of hydrogen-bond acceptors (Lipinski definition) is 3. The lowest BCUT2D eigenvalue weighted by Gasteiger charge is -2.03. The highest BCUT2D eigenvalue weighted by atomic mass is 32.2. The maximum absolute atomic E-state index is 10.5. The van der Waals surface area contributed by atoms with Crippen LogP contribution in [-0.2, 0) is 4.79 Å². The zero-order valence-electron chi connectivity index (χ0n) is 11.6. The van der Waals surface area contributed by atoms with E-state index in [1.165, 1.54) is 38.5 Å². The summed E-state index contributed by atoms with van der Waals surface area (Å²) in [6.45, 7) is 4.25. The van der Waals surface area contributed by atoms with Gasteiger partial charge >= 0.3 is 0 Å². The molecule has 0 saturated heterocycles. The van der Waals surface area contributed by atoms with Gasteiger partial charge in [-0.25, -0.2) is 0 Å². The number of primary amides is 1. The monoisotopic (exact) mass is 272 g/mol. The minimum absolute atomic E-state index is 0.226. The van der Waals surface area contributed by atoms with Crippen LogP contribution in [0.1, 0.15) is 45.4 Å². The number of hydrogen-bond donors (Lipinski definition) is 2. The fourth-order valence-electron chi connectivity index (χ4n) is 1.53. The molecule has 0 rings (SSSR count). The third-order valence-corrected chi connectivity index (χ3v) is 3.50. The largest absolute Gasteiger partial charge is 0.369 e. The first-order valence-corrected chi connectivity index (χ1v) is 8.14. The Kier molecular flexibility index (Phi) is 14.2. The molecule has 106 valence electrons. The predicted octanol–water partition coefficient (Wildman–Crippen LogP) is 2.71. The van der Waals surface area contributed by atoms with E-state index in [4.69, 9.17) is 5.73 Å². The smallest absolute Gasteiger partial charge is 0.227 e. The molecule has 0 heterocycles. The first-order valence-electron chi connectivity index (χ1n) is 6.99. The Morgan fingerprint density at radius 1 is 1.17 bits per heavy atom. The lowest BCUT2D eigenvalue weighted by atomic mass is 10.2. The van der Waals surface area contributed by atoms with Crippen LogP contribution in [0.3, 0.4) is 0 Å². The highest BCUT2D eigenvalue weighted by molar-refractivity contribution is 7.99. The molecule has 0 spiro atoms. The van der Waals surface area contributed by atoms with Crippen LogP contribution in [0.2, 0.25) is 0 Å². The highest BCUT2D eigenvalue weighted by Gasteiger charge is 1.94. The van der Waals surface area contributed by atoms with Crippen molar-refractivity contribution in [2.24, 2.45) is 5.73 Å². The fourth-order valence-corrected chi connectivity index (χ4v) is 2.17. The third-order valence-electron chi connectivity index (χ3n) is 2.51. The fraction of sp³-hybridized carbons (Fsp3) is 0.786. The van der Waals surface area contributed by atoms with E-state index in [0.717, 1.165) is 18.8 Å². The van der Waals surface area contributed by atoms with Crippen molar-refractivity contribution in [2.45, 2.75) is 45.4 Å². The van der Waals surface area contributed by atoms with Gasteiger partial charge in [0.2, 0.25) is 5.91 Å². The third kappa shape index (κ3) is 15.5. The topological polar surface area (TPSA) is 55.1 Å². The van der Waals surface area contributed by atoms with Crippen LogP contribution < -0.4 is 11.1 Å². The number of amides is 1. The van der Waals surface area contributed by atoms with E-state index in [1.54, 1.807) is 11.8 Å². The highest BCUT2D eigenvalue weighted by Crippen LogP contribution is 2.01. The Morgan fingerprint density at radius 3 is 2.67 bits per heavy atom. The van der Waals surface area contributed by atoms with Gasteiger partial charge in [0.25, 0.3) is 0 Å². The Bertz CT molecular complexity index is 220. The van der Waals surface area contributed by atoms with E-state index in [2.05, 4.69) is 24.4 Å². The summed E-state index contributed by atoms with van der Waals surface area (Å²) in [7, 11) is 0. The molecule has 0 aromatic heterocycles. The summed E-state index contributed by atoms with van der Waals surface area (Å²) < 4.78 is 0. The minimum atomic E-state index is -0.226. The van der Waals surface area contributed by atoms with E-state index < -0.39 is 0 Å². The van der Waals surface area contributed by atoms with Crippen LogP contribution in [0.25, 0.3) is 0 Å². The summed E-state index contributed by atoms with van der Waals surface area (Å²) >= 11 is 1.59. The van der Waals surface area contributed by atoms with Crippen molar-refractivity contribution in [3.05, 3.63) is 12.2 Å². The summed E-state index contributed by atoms with van der Waals surface area (Å²) in [6.07, 6.45) is 12.1. The van der Waals surface area contributed by atoms with Gasteiger partial charge in [-0.05, 0) is 32.2 Å². The summed E-state index contributed by atoms with van der Waals surface area (Å²) in [5, 5.41) is 3.38. The number of carbonyl (C=O) groups is 1. The zero-order valence-corrected chi connectivity index (χ0v) is 12.4. The van der Waals surface area contributed by atoms with Gasteiger partial charge in [-0.3, -0.25) is 4.79 Å². The number of allylic oxidation sites excluding steroid dienone is 2. The van der Waals surface area contributed by atoms with Crippen LogP contribution >= 0.6 is 11.8 Å². The average molecular weight is 272 g/mol. The maximum atomic E-state index is 10.5. The molecular formula is C14H28N2OS. The molecule has 0 aliphatic heterocycles. The summed E-state index contributed by atoms with van der Waals surface area (Å²) in [6, 6.07) is 0. The lowest BCUT2D eigenvalue weighted by molar-refractivity contribution is -0.115. The molecule has 0 atom stereocenters. The van der Waals surface area contributed by atoms with Gasteiger partial charge in [-0.1, -0.05) is 31.9 Å². The summed E-state index contributed by atoms with van der Waals surface area (Å²) in [5.41, 5.74) is 5.05. The first-order chi connectivity index (χ1) is 8.77. The van der Waals surface area contributed by atoms with Crippen molar-refractivity contribution in [1.82, 2.24) is 5.32 Å². The normalized spacial score (nSPS) is 11.2. The number of carbonyl (C=O) groups excluding carboxylic acids is 1. The maximum Gasteiger partial charge on any atom is 0.227 e. The molecule has 0 radical (unpaired) electrons. The molecule has 4 heteroatoms. The lowest BCUT2D eigenvalue weighted by Crippen LogP contribution is -2.20. The van der Waals surface area contributed by atoms with Crippen LogP contribution in [0.15, 0.2) is 12.2 Å². The summed E-state index contributed by atoms with van der Waals surface area (Å²) in [5.74, 6) is 1.17. The number of nitrogens with two attached hydrogens (primary N) is 1. The zero-order chi connectivity index (χ0) is 13.5. The molecule has 18 heavy (non-hydrogen) atoms. The Balaban J connectivity index is 3.01. The van der Waals surface area contributed by atoms with Crippen molar-refractivity contribution in [3.8, 4) is 0 Å². The first kappa shape index (κ1) is 17.5. The molecule has 0 aromatic rings. The van der Waals surface area contributed by atoms with Gasteiger partial charge in [0.15, 0.2) is 0 Å². The quantitative estimate of drug-likeness (QED) is 0.400. The molecule has 0 saturated carbocycles. The van der Waals surface area contributed by atoms with Gasteiger partial charge < -0.3 is 11.1 Å². The van der Waals surface area contributed by atoms with Gasteiger partial charge in [0, 0.05) is 12.3 Å². The van der Waals surface area contributed by atoms with E-state index in [-0.39, 0.29) is 5.91 Å². The number of rotatable bonds is 13. The number of unbranched alkanes of at least 4 members (excludes halogenated alkanes) is 4. The molecule has 3 nitrogen and oxygen atoms in total. The standard InChI is InChI=1S/C14H28N2OS/c1-2-3-4-5-6-7-8-9-10-16-11-12-18-13-14(15)17/h4-5,16H,2-3,6-13H2,1H3,(H2,15,17)/b5-4+. The van der Waals surface area contributed by atoms with Crippen LogP contribution in [0.5, 0.6) is 0 Å². The molecule has 0 aliphatic carbocycles. The van der Waals surface area contributed by atoms with Crippen LogP contribution in [0, 0.1) is 0 Å². The van der Waals surface area contributed by atoms with Crippen molar-refractivity contribution in [1.29, 1.82) is 0 Å². The van der Waals surface area contributed by atoms with Crippen LogP contribution in [0.4, 0.5) is 0 Å². The van der Waals surface area contributed by atoms with E-state index in [0.29, 0.717) is 5.75 Å². The van der Waals surface area contributed by atoms with Gasteiger partial charge in [-0.2, -0.15) is 11.8 Å². The van der Waals surface area contributed by atoms with Crippen molar-refractivity contribution in [3.63, 3.8) is 0 Å². The van der Waals surface area contributed by atoms with Crippen LogP contribution in [-0.4, -0.2) is 30.5 Å². The Morgan fingerprint density at radius 2 is 1.94 bits per heavy atom. The van der Waals surface area contributed by atoms with E-state index in [1.807, 2.05) is 0 Å². The SMILES string of the molecule is CCC/C=C/CCCCCNCCSCC(N)=O. The second kappa shape index (κ2) is 14.6. The minimum Gasteiger partial charge on any atom is -0.369 e. The molecule has 0 aliphatic rings. The van der Waals surface area contributed by atoms with E-state index in [9.17, 15) is 4.79 Å². The average Bonchev–Trinajstić information content (AvgIpc) is 2.34. The van der Waals surface area contributed by atoms with Gasteiger partial charge in [-0.15, -0.1) is 0 Å². The molecule has 0 unspecified atom stereocenters. The summed E-state index contributed by atoms with van der Waals surface area (Å²) in [4.78, 5) is 10.5. The molecule has 3 N–H and O–H groups in total. The molecule has 0 aromatic carbocycles. The van der Waals surface area contributed by atoms with E-state index >= 15 is 0 Å².